The van der Waals surface area contributed by atoms with E-state index in [0.29, 0.717) is 25.4 Å². The molecule has 0 aromatic carbocycles. The molecule has 2 N–H and O–H groups in total. The Kier molecular flexibility index (Phi) is 4.19. The Bertz CT molecular complexity index is 333. The summed E-state index contributed by atoms with van der Waals surface area (Å²) in [4.78, 5) is 11.3. The van der Waals surface area contributed by atoms with Crippen molar-refractivity contribution < 1.29 is 4.74 Å². The van der Waals surface area contributed by atoms with Crippen LogP contribution in [0.25, 0.3) is 0 Å². The zero-order chi connectivity index (χ0) is 10.4. The van der Waals surface area contributed by atoms with E-state index in [9.17, 15) is 4.79 Å². The van der Waals surface area contributed by atoms with Crippen LogP contribution in [0.2, 0.25) is 0 Å². The average Bonchev–Trinajstić information content (AvgIpc) is 2.18. The van der Waals surface area contributed by atoms with Gasteiger partial charge in [0.25, 0.3) is 5.56 Å². The molecule has 4 nitrogen and oxygen atoms in total. The largest absolute Gasteiger partial charge is 0.398 e. The number of nitrogens with zero attached hydrogens (tertiary/aromatic N) is 1. The second kappa shape index (κ2) is 5.44. The molecule has 1 heterocycles. The van der Waals surface area contributed by atoms with Gasteiger partial charge >= 0.3 is 0 Å². The fourth-order valence-corrected chi connectivity index (χ4v) is 1.21. The van der Waals surface area contributed by atoms with Crippen molar-refractivity contribution in [1.29, 1.82) is 0 Å². The van der Waals surface area contributed by atoms with E-state index in [4.69, 9.17) is 10.5 Å². The number of hydrogen-bond donors (Lipinski definition) is 1. The van der Waals surface area contributed by atoms with Crippen molar-refractivity contribution in [3.8, 4) is 0 Å². The standard InChI is InChI=1S/C10H16N2O2/c1-2-14-7-3-6-12-8-9(11)4-5-10(12)13/h4-5,8H,2-3,6-7,11H2,1H3. The Labute approximate surface area is 83.3 Å². The van der Waals surface area contributed by atoms with Crippen molar-refractivity contribution in [3.05, 3.63) is 28.7 Å². The van der Waals surface area contributed by atoms with Crippen molar-refractivity contribution in [1.82, 2.24) is 4.57 Å². The first-order valence-electron chi connectivity index (χ1n) is 4.77. The van der Waals surface area contributed by atoms with E-state index in [1.165, 1.54) is 6.07 Å². The van der Waals surface area contributed by atoms with E-state index < -0.39 is 0 Å². The molecular formula is C10H16N2O2. The van der Waals surface area contributed by atoms with Crippen LogP contribution < -0.4 is 11.3 Å². The molecule has 0 fully saturated rings. The molecule has 0 amide bonds. The molecule has 0 atom stereocenters. The zero-order valence-corrected chi connectivity index (χ0v) is 8.40. The molecule has 0 saturated carbocycles. The molecule has 1 aromatic rings. The van der Waals surface area contributed by atoms with Crippen LogP contribution in [0.1, 0.15) is 13.3 Å². The van der Waals surface area contributed by atoms with Crippen molar-refractivity contribution in [2.75, 3.05) is 18.9 Å². The lowest BCUT2D eigenvalue weighted by Gasteiger charge is -2.05. The molecule has 0 saturated heterocycles. The van der Waals surface area contributed by atoms with Gasteiger partial charge in [-0.25, -0.2) is 0 Å². The monoisotopic (exact) mass is 196 g/mol. The first-order chi connectivity index (χ1) is 6.74. The van der Waals surface area contributed by atoms with E-state index in [2.05, 4.69) is 0 Å². The highest BCUT2D eigenvalue weighted by molar-refractivity contribution is 5.33. The van der Waals surface area contributed by atoms with Crippen molar-refractivity contribution in [2.45, 2.75) is 19.9 Å². The van der Waals surface area contributed by atoms with Gasteiger partial charge in [-0.15, -0.1) is 0 Å². The predicted octanol–water partition coefficient (Wildman–Crippen LogP) is 0.857. The molecule has 0 spiro atoms. The fourth-order valence-electron chi connectivity index (χ4n) is 1.21. The van der Waals surface area contributed by atoms with Gasteiger partial charge in [0, 0.05) is 37.7 Å². The highest BCUT2D eigenvalue weighted by Gasteiger charge is 1.95. The number of nitrogens with two attached hydrogens (primary N) is 1. The summed E-state index contributed by atoms with van der Waals surface area (Å²) in [5, 5.41) is 0. The third-order valence-electron chi connectivity index (χ3n) is 1.90. The summed E-state index contributed by atoms with van der Waals surface area (Å²) in [6.07, 6.45) is 2.49. The summed E-state index contributed by atoms with van der Waals surface area (Å²) in [7, 11) is 0. The van der Waals surface area contributed by atoms with Gasteiger partial charge in [0.2, 0.25) is 0 Å². The van der Waals surface area contributed by atoms with Gasteiger partial charge in [-0.3, -0.25) is 4.79 Å². The summed E-state index contributed by atoms with van der Waals surface area (Å²) in [5.74, 6) is 0. The van der Waals surface area contributed by atoms with E-state index in [-0.39, 0.29) is 5.56 Å². The molecule has 14 heavy (non-hydrogen) atoms. The number of aromatic nitrogens is 1. The number of hydrogen-bond acceptors (Lipinski definition) is 3. The topological polar surface area (TPSA) is 57.2 Å². The maximum atomic E-state index is 11.3. The summed E-state index contributed by atoms with van der Waals surface area (Å²) in [5.41, 5.74) is 6.16. The number of rotatable bonds is 5. The second-order valence-corrected chi connectivity index (χ2v) is 3.04. The number of aryl methyl sites for hydroxylation is 1. The molecule has 1 rings (SSSR count). The van der Waals surface area contributed by atoms with Crippen LogP contribution in [0.15, 0.2) is 23.1 Å². The molecule has 0 aliphatic rings. The van der Waals surface area contributed by atoms with Crippen LogP contribution in [0.3, 0.4) is 0 Å². The van der Waals surface area contributed by atoms with E-state index in [1.807, 2.05) is 6.92 Å². The maximum Gasteiger partial charge on any atom is 0.250 e. The number of nitrogen functional groups attached to an aromatic ring is 1. The molecule has 0 aliphatic carbocycles. The van der Waals surface area contributed by atoms with Crippen LogP contribution in [0.5, 0.6) is 0 Å². The molecule has 78 valence electrons. The first kappa shape index (κ1) is 10.8. The number of ether oxygens (including phenoxy) is 1. The Morgan fingerprint density at radius 3 is 3.00 bits per heavy atom. The highest BCUT2D eigenvalue weighted by atomic mass is 16.5. The lowest BCUT2D eigenvalue weighted by atomic mass is 10.4. The predicted molar refractivity (Wildman–Crippen MR) is 56.2 cm³/mol. The van der Waals surface area contributed by atoms with Crippen molar-refractivity contribution >= 4 is 5.69 Å². The number of anilines is 1. The molecule has 0 bridgehead atoms. The third-order valence-corrected chi connectivity index (χ3v) is 1.90. The zero-order valence-electron chi connectivity index (χ0n) is 8.40. The summed E-state index contributed by atoms with van der Waals surface area (Å²) in [6.45, 7) is 4.00. The molecule has 0 aliphatic heterocycles. The van der Waals surface area contributed by atoms with E-state index in [1.54, 1.807) is 16.8 Å². The molecular weight excluding hydrogens is 180 g/mol. The van der Waals surface area contributed by atoms with Gasteiger partial charge in [-0.05, 0) is 19.4 Å². The van der Waals surface area contributed by atoms with Crippen LogP contribution in [0.4, 0.5) is 5.69 Å². The fraction of sp³-hybridized carbons (Fsp3) is 0.500. The van der Waals surface area contributed by atoms with Crippen molar-refractivity contribution in [2.24, 2.45) is 0 Å². The van der Waals surface area contributed by atoms with Gasteiger partial charge in [-0.2, -0.15) is 0 Å². The minimum absolute atomic E-state index is 0.0179. The summed E-state index contributed by atoms with van der Waals surface area (Å²) < 4.78 is 6.78. The van der Waals surface area contributed by atoms with Crippen LogP contribution >= 0.6 is 0 Å². The maximum absolute atomic E-state index is 11.3. The quantitative estimate of drug-likeness (QED) is 0.710. The van der Waals surface area contributed by atoms with E-state index in [0.717, 1.165) is 6.42 Å². The molecule has 0 radical (unpaired) electrons. The van der Waals surface area contributed by atoms with Crippen LogP contribution in [-0.2, 0) is 11.3 Å². The molecule has 1 aromatic heterocycles. The average molecular weight is 196 g/mol. The normalized spacial score (nSPS) is 10.4. The van der Waals surface area contributed by atoms with Gasteiger partial charge in [0.1, 0.15) is 0 Å². The lowest BCUT2D eigenvalue weighted by Crippen LogP contribution is -2.19. The lowest BCUT2D eigenvalue weighted by molar-refractivity contribution is 0.141. The SMILES string of the molecule is CCOCCCn1cc(N)ccc1=O. The van der Waals surface area contributed by atoms with Gasteiger partial charge < -0.3 is 15.0 Å². The van der Waals surface area contributed by atoms with Gasteiger partial charge in [0.15, 0.2) is 0 Å². The summed E-state index contributed by atoms with van der Waals surface area (Å²) >= 11 is 0. The Hall–Kier alpha value is -1.29. The smallest absolute Gasteiger partial charge is 0.250 e. The Balaban J connectivity index is 2.49. The van der Waals surface area contributed by atoms with Gasteiger partial charge in [0.05, 0.1) is 0 Å². The third kappa shape index (κ3) is 3.22. The Morgan fingerprint density at radius 1 is 1.50 bits per heavy atom. The minimum Gasteiger partial charge on any atom is -0.398 e. The van der Waals surface area contributed by atoms with Crippen LogP contribution in [-0.4, -0.2) is 17.8 Å². The first-order valence-corrected chi connectivity index (χ1v) is 4.77. The Morgan fingerprint density at radius 2 is 2.29 bits per heavy atom. The number of pyridine rings is 1. The van der Waals surface area contributed by atoms with Crippen molar-refractivity contribution in [3.63, 3.8) is 0 Å². The summed E-state index contributed by atoms with van der Waals surface area (Å²) in [6, 6.07) is 3.09. The highest BCUT2D eigenvalue weighted by Crippen LogP contribution is 1.97. The second-order valence-electron chi connectivity index (χ2n) is 3.04. The van der Waals surface area contributed by atoms with Crippen LogP contribution in [0, 0.1) is 0 Å². The minimum atomic E-state index is -0.0179. The van der Waals surface area contributed by atoms with Gasteiger partial charge in [-0.1, -0.05) is 0 Å². The molecule has 4 heteroatoms. The van der Waals surface area contributed by atoms with E-state index >= 15 is 0 Å². The molecule has 0 unspecified atom stereocenters.